The summed E-state index contributed by atoms with van der Waals surface area (Å²) >= 11 is 0. The molecule has 0 unspecified atom stereocenters. The van der Waals surface area contributed by atoms with Crippen LogP contribution in [0, 0.1) is 5.92 Å². The van der Waals surface area contributed by atoms with E-state index in [0.29, 0.717) is 0 Å². The van der Waals surface area contributed by atoms with Crippen molar-refractivity contribution in [1.29, 1.82) is 0 Å². The highest BCUT2D eigenvalue weighted by Crippen LogP contribution is 2.08. The zero-order chi connectivity index (χ0) is 16.7. The lowest BCUT2D eigenvalue weighted by Crippen LogP contribution is -2.49. The molecule has 0 spiro atoms. The molecule has 0 aliphatic carbocycles. The van der Waals surface area contributed by atoms with Gasteiger partial charge in [-0.05, 0) is 5.92 Å². The molecular formula is C12H20O9. The standard InChI is InChI=1S/C12H20O9/c1-5(2)3-6(14)11(19)21-12(20)10(18)9(17)8(16)7(15)4-13/h5,7-10,13,15-18H,3-4H2,1-2H3/t7-,8+,9+,10-/m1/s1. The van der Waals surface area contributed by atoms with Crippen molar-refractivity contribution in [2.75, 3.05) is 6.61 Å². The van der Waals surface area contributed by atoms with E-state index in [4.69, 9.17) is 10.2 Å². The number of aliphatic hydroxyl groups excluding tert-OH is 5. The second-order valence-corrected chi connectivity index (χ2v) is 4.91. The van der Waals surface area contributed by atoms with Gasteiger partial charge in [0, 0.05) is 6.42 Å². The van der Waals surface area contributed by atoms with Crippen molar-refractivity contribution in [2.24, 2.45) is 5.92 Å². The summed E-state index contributed by atoms with van der Waals surface area (Å²) in [5.74, 6) is -4.25. The summed E-state index contributed by atoms with van der Waals surface area (Å²) in [5, 5.41) is 45.7. The number of ketones is 1. The second-order valence-electron chi connectivity index (χ2n) is 4.91. The van der Waals surface area contributed by atoms with Crippen molar-refractivity contribution in [3.8, 4) is 0 Å². The number of hydrogen-bond acceptors (Lipinski definition) is 9. The van der Waals surface area contributed by atoms with Crippen LogP contribution in [0.2, 0.25) is 0 Å². The molecule has 0 aromatic heterocycles. The van der Waals surface area contributed by atoms with E-state index in [1.807, 2.05) is 0 Å². The molecule has 21 heavy (non-hydrogen) atoms. The van der Waals surface area contributed by atoms with Crippen molar-refractivity contribution in [3.05, 3.63) is 0 Å². The van der Waals surface area contributed by atoms with Gasteiger partial charge in [-0.1, -0.05) is 13.8 Å². The average Bonchev–Trinajstić information content (AvgIpc) is 2.42. The first-order valence-electron chi connectivity index (χ1n) is 6.23. The number of hydrogen-bond donors (Lipinski definition) is 5. The maximum absolute atomic E-state index is 11.3. The molecule has 0 saturated carbocycles. The molecule has 4 atom stereocenters. The first-order valence-corrected chi connectivity index (χ1v) is 6.23. The third-order valence-corrected chi connectivity index (χ3v) is 2.51. The summed E-state index contributed by atoms with van der Waals surface area (Å²) < 4.78 is 4.07. The van der Waals surface area contributed by atoms with Crippen molar-refractivity contribution in [2.45, 2.75) is 44.7 Å². The molecule has 0 aliphatic heterocycles. The van der Waals surface area contributed by atoms with E-state index < -0.39 is 48.7 Å². The van der Waals surface area contributed by atoms with Crippen LogP contribution >= 0.6 is 0 Å². The van der Waals surface area contributed by atoms with E-state index >= 15 is 0 Å². The Hall–Kier alpha value is -1.39. The number of rotatable bonds is 8. The predicted molar refractivity (Wildman–Crippen MR) is 66.7 cm³/mol. The van der Waals surface area contributed by atoms with Crippen LogP contribution in [0.15, 0.2) is 0 Å². The van der Waals surface area contributed by atoms with Crippen molar-refractivity contribution < 1.29 is 44.7 Å². The summed E-state index contributed by atoms with van der Waals surface area (Å²) in [6, 6.07) is 0. The van der Waals surface area contributed by atoms with E-state index in [-0.39, 0.29) is 12.3 Å². The summed E-state index contributed by atoms with van der Waals surface area (Å²) in [6.45, 7) is 2.41. The highest BCUT2D eigenvalue weighted by molar-refractivity contribution is 6.35. The zero-order valence-corrected chi connectivity index (χ0v) is 11.7. The maximum Gasteiger partial charge on any atom is 0.382 e. The third kappa shape index (κ3) is 6.27. The molecule has 0 radical (unpaired) electrons. The van der Waals surface area contributed by atoms with Crippen LogP contribution in [0.1, 0.15) is 20.3 Å². The molecule has 5 N–H and O–H groups in total. The van der Waals surface area contributed by atoms with Gasteiger partial charge in [0.25, 0.3) is 0 Å². The maximum atomic E-state index is 11.3. The third-order valence-electron chi connectivity index (χ3n) is 2.51. The largest absolute Gasteiger partial charge is 0.394 e. The molecule has 0 fully saturated rings. The van der Waals surface area contributed by atoms with Crippen molar-refractivity contribution in [1.82, 2.24) is 0 Å². The fourth-order valence-corrected chi connectivity index (χ4v) is 1.32. The summed E-state index contributed by atoms with van der Waals surface area (Å²) in [5.41, 5.74) is 0. The molecule has 0 saturated heterocycles. The normalized spacial score (nSPS) is 17.0. The molecule has 0 aromatic carbocycles. The van der Waals surface area contributed by atoms with Gasteiger partial charge in [-0.2, -0.15) is 0 Å². The number of aliphatic hydroxyl groups is 5. The quantitative estimate of drug-likeness (QED) is 0.180. The zero-order valence-electron chi connectivity index (χ0n) is 11.7. The Balaban J connectivity index is 4.58. The van der Waals surface area contributed by atoms with Gasteiger partial charge in [0.05, 0.1) is 6.61 Å². The molecule has 122 valence electrons. The monoisotopic (exact) mass is 308 g/mol. The van der Waals surface area contributed by atoms with Gasteiger partial charge in [-0.3, -0.25) is 4.79 Å². The van der Waals surface area contributed by atoms with Gasteiger partial charge < -0.3 is 30.3 Å². The lowest BCUT2D eigenvalue weighted by molar-refractivity contribution is -0.178. The minimum atomic E-state index is -2.36. The number of ether oxygens (including phenoxy) is 1. The Morgan fingerprint density at radius 2 is 1.52 bits per heavy atom. The minimum absolute atomic E-state index is 0.141. The molecule has 0 aromatic rings. The summed E-state index contributed by atoms with van der Waals surface area (Å²) in [6.07, 6.45) is -8.57. The fraction of sp³-hybridized carbons (Fsp3) is 0.750. The number of carbonyl (C=O) groups excluding carboxylic acids is 3. The molecule has 9 heteroatoms. The number of Topliss-reactive ketones (excluding diaryl/α,β-unsaturated/α-hetero) is 1. The fourth-order valence-electron chi connectivity index (χ4n) is 1.32. The average molecular weight is 308 g/mol. The summed E-state index contributed by atoms with van der Waals surface area (Å²) in [7, 11) is 0. The van der Waals surface area contributed by atoms with Crippen LogP contribution in [-0.2, 0) is 19.1 Å². The van der Waals surface area contributed by atoms with Gasteiger partial charge >= 0.3 is 11.9 Å². The van der Waals surface area contributed by atoms with Crippen LogP contribution in [-0.4, -0.2) is 74.3 Å². The Bertz CT molecular complexity index is 379. The Morgan fingerprint density at radius 3 is 1.95 bits per heavy atom. The number of carbonyl (C=O) groups is 3. The van der Waals surface area contributed by atoms with E-state index in [2.05, 4.69) is 4.74 Å². The lowest BCUT2D eigenvalue weighted by atomic mass is 10.0. The summed E-state index contributed by atoms with van der Waals surface area (Å²) in [4.78, 5) is 33.9. The van der Waals surface area contributed by atoms with Gasteiger partial charge in [0.1, 0.15) is 18.3 Å². The molecule has 0 rings (SSSR count). The first-order chi connectivity index (χ1) is 9.61. The molecule has 0 bridgehead atoms. The molecule has 0 heterocycles. The van der Waals surface area contributed by atoms with E-state index in [0.717, 1.165) is 0 Å². The smallest absolute Gasteiger partial charge is 0.382 e. The molecular weight excluding hydrogens is 288 g/mol. The van der Waals surface area contributed by atoms with Crippen LogP contribution in [0.4, 0.5) is 0 Å². The van der Waals surface area contributed by atoms with Crippen molar-refractivity contribution in [3.63, 3.8) is 0 Å². The van der Waals surface area contributed by atoms with Crippen molar-refractivity contribution >= 4 is 17.7 Å². The Morgan fingerprint density at radius 1 is 1.00 bits per heavy atom. The van der Waals surface area contributed by atoms with Crippen LogP contribution in [0.5, 0.6) is 0 Å². The molecule has 0 amide bonds. The van der Waals surface area contributed by atoms with Gasteiger partial charge in [0.15, 0.2) is 6.10 Å². The molecule has 0 aliphatic rings. The van der Waals surface area contributed by atoms with Crippen LogP contribution in [0.3, 0.4) is 0 Å². The molecule has 9 nitrogen and oxygen atoms in total. The van der Waals surface area contributed by atoms with E-state index in [1.54, 1.807) is 13.8 Å². The van der Waals surface area contributed by atoms with Crippen LogP contribution < -0.4 is 0 Å². The first kappa shape index (κ1) is 19.6. The highest BCUT2D eigenvalue weighted by atomic mass is 16.6. The van der Waals surface area contributed by atoms with E-state index in [9.17, 15) is 29.7 Å². The Labute approximate surface area is 120 Å². The lowest BCUT2D eigenvalue weighted by Gasteiger charge is -2.24. The van der Waals surface area contributed by atoms with Gasteiger partial charge in [-0.15, -0.1) is 0 Å². The topological polar surface area (TPSA) is 162 Å². The van der Waals surface area contributed by atoms with Gasteiger partial charge in [-0.25, -0.2) is 9.59 Å². The minimum Gasteiger partial charge on any atom is -0.394 e. The van der Waals surface area contributed by atoms with Crippen LogP contribution in [0.25, 0.3) is 0 Å². The van der Waals surface area contributed by atoms with E-state index in [1.165, 1.54) is 0 Å². The number of esters is 2. The Kier molecular flexibility index (Phi) is 8.22. The predicted octanol–water partition coefficient (Wildman–Crippen LogP) is -2.89. The highest BCUT2D eigenvalue weighted by Gasteiger charge is 2.36. The second kappa shape index (κ2) is 8.80. The van der Waals surface area contributed by atoms with Gasteiger partial charge in [0.2, 0.25) is 5.78 Å². The SMILES string of the molecule is CC(C)CC(=O)C(=O)OC(=O)[C@H](O)[C@@H](O)[C@@H](O)[C@H](O)CO.